The molecule has 2 heteroatoms. The van der Waals surface area contributed by atoms with Gasteiger partial charge in [-0.25, -0.2) is 0 Å². The molecule has 16 heavy (non-hydrogen) atoms. The lowest BCUT2D eigenvalue weighted by atomic mass is 10.0. The second kappa shape index (κ2) is 7.29. The standard InChI is InChI=1S/C14H29NO/c1-14(2,16-3)10-12-15-11-6-9-13-7-4-5-8-13/h13,15H,4-12H2,1-3H3. The largest absolute Gasteiger partial charge is 0.379 e. The SMILES string of the molecule is COC(C)(C)CCNCCCC1CCCC1. The Balaban J connectivity index is 1.88. The van der Waals surface area contributed by atoms with E-state index in [-0.39, 0.29) is 5.60 Å². The minimum Gasteiger partial charge on any atom is -0.379 e. The van der Waals surface area contributed by atoms with E-state index < -0.39 is 0 Å². The number of ether oxygens (including phenoxy) is 1. The second-order valence-corrected chi connectivity index (χ2v) is 5.76. The van der Waals surface area contributed by atoms with Crippen molar-refractivity contribution in [1.82, 2.24) is 5.32 Å². The first-order valence-corrected chi connectivity index (χ1v) is 6.90. The third-order valence-corrected chi connectivity index (χ3v) is 3.90. The first-order chi connectivity index (χ1) is 7.64. The van der Waals surface area contributed by atoms with Gasteiger partial charge >= 0.3 is 0 Å². The highest BCUT2D eigenvalue weighted by Gasteiger charge is 2.15. The molecule has 0 aromatic carbocycles. The van der Waals surface area contributed by atoms with Gasteiger partial charge in [-0.1, -0.05) is 25.7 Å². The Morgan fingerprint density at radius 2 is 1.88 bits per heavy atom. The number of rotatable bonds is 8. The van der Waals surface area contributed by atoms with Crippen molar-refractivity contribution < 1.29 is 4.74 Å². The zero-order valence-corrected chi connectivity index (χ0v) is 11.3. The van der Waals surface area contributed by atoms with Crippen molar-refractivity contribution >= 4 is 0 Å². The first kappa shape index (κ1) is 14.0. The molecule has 0 radical (unpaired) electrons. The van der Waals surface area contributed by atoms with Crippen molar-refractivity contribution in [1.29, 1.82) is 0 Å². The molecule has 2 nitrogen and oxygen atoms in total. The third kappa shape index (κ3) is 5.86. The van der Waals surface area contributed by atoms with Gasteiger partial charge < -0.3 is 10.1 Å². The molecule has 0 heterocycles. The summed E-state index contributed by atoms with van der Waals surface area (Å²) in [7, 11) is 1.79. The molecule has 1 fully saturated rings. The molecular weight excluding hydrogens is 198 g/mol. The van der Waals surface area contributed by atoms with Gasteiger partial charge in [0.05, 0.1) is 5.60 Å². The number of nitrogens with one attached hydrogen (secondary N) is 1. The predicted octanol–water partition coefficient (Wildman–Crippen LogP) is 3.36. The summed E-state index contributed by atoms with van der Waals surface area (Å²) in [4.78, 5) is 0. The zero-order valence-electron chi connectivity index (χ0n) is 11.3. The van der Waals surface area contributed by atoms with Crippen molar-refractivity contribution in [2.45, 2.75) is 64.4 Å². The molecule has 96 valence electrons. The molecule has 0 spiro atoms. The van der Waals surface area contributed by atoms with Crippen LogP contribution in [0.4, 0.5) is 0 Å². The van der Waals surface area contributed by atoms with E-state index in [1.807, 2.05) is 0 Å². The number of methoxy groups -OCH3 is 1. The Morgan fingerprint density at radius 3 is 2.50 bits per heavy atom. The topological polar surface area (TPSA) is 21.3 Å². The summed E-state index contributed by atoms with van der Waals surface area (Å²) in [6.45, 7) is 6.54. The average Bonchev–Trinajstić information content (AvgIpc) is 2.76. The van der Waals surface area contributed by atoms with Crippen molar-refractivity contribution in [2.24, 2.45) is 5.92 Å². The zero-order chi connectivity index (χ0) is 11.9. The Kier molecular flexibility index (Phi) is 6.37. The lowest BCUT2D eigenvalue weighted by Crippen LogP contribution is -2.29. The van der Waals surface area contributed by atoms with Crippen LogP contribution in [0, 0.1) is 5.92 Å². The van der Waals surface area contributed by atoms with E-state index in [1.165, 1.54) is 45.1 Å². The van der Waals surface area contributed by atoms with E-state index >= 15 is 0 Å². The minimum atomic E-state index is 0.0262. The Morgan fingerprint density at radius 1 is 1.19 bits per heavy atom. The molecule has 0 aromatic heterocycles. The molecule has 0 bridgehead atoms. The normalized spacial score (nSPS) is 18.2. The van der Waals surface area contributed by atoms with Gasteiger partial charge in [-0.05, 0) is 52.1 Å². The quantitative estimate of drug-likeness (QED) is 0.642. The van der Waals surface area contributed by atoms with Gasteiger partial charge in [0.2, 0.25) is 0 Å². The maximum Gasteiger partial charge on any atom is 0.0634 e. The van der Waals surface area contributed by atoms with Crippen molar-refractivity contribution in [3.8, 4) is 0 Å². The molecule has 0 aliphatic heterocycles. The van der Waals surface area contributed by atoms with Gasteiger partial charge in [-0.15, -0.1) is 0 Å². The minimum absolute atomic E-state index is 0.0262. The summed E-state index contributed by atoms with van der Waals surface area (Å²) in [5.41, 5.74) is 0.0262. The Hall–Kier alpha value is -0.0800. The fraction of sp³-hybridized carbons (Fsp3) is 1.00. The first-order valence-electron chi connectivity index (χ1n) is 6.90. The monoisotopic (exact) mass is 227 g/mol. The molecular formula is C14H29NO. The molecule has 1 aliphatic rings. The van der Waals surface area contributed by atoms with Crippen molar-refractivity contribution in [3.05, 3.63) is 0 Å². The highest BCUT2D eigenvalue weighted by Crippen LogP contribution is 2.28. The summed E-state index contributed by atoms with van der Waals surface area (Å²) in [6.07, 6.45) is 9.78. The van der Waals surface area contributed by atoms with Crippen molar-refractivity contribution in [2.75, 3.05) is 20.2 Å². The summed E-state index contributed by atoms with van der Waals surface area (Å²) in [5.74, 6) is 1.04. The van der Waals surface area contributed by atoms with Gasteiger partial charge in [0, 0.05) is 7.11 Å². The van der Waals surface area contributed by atoms with Crippen LogP contribution in [0.25, 0.3) is 0 Å². The fourth-order valence-corrected chi connectivity index (χ4v) is 2.43. The lowest BCUT2D eigenvalue weighted by molar-refractivity contribution is 0.0159. The maximum absolute atomic E-state index is 5.39. The van der Waals surface area contributed by atoms with Gasteiger partial charge in [0.25, 0.3) is 0 Å². The van der Waals surface area contributed by atoms with Crippen LogP contribution in [-0.2, 0) is 4.74 Å². The average molecular weight is 227 g/mol. The molecule has 1 N–H and O–H groups in total. The van der Waals surface area contributed by atoms with Gasteiger partial charge in [-0.2, -0.15) is 0 Å². The molecule has 1 aliphatic carbocycles. The van der Waals surface area contributed by atoms with E-state index in [2.05, 4.69) is 19.2 Å². The molecule has 1 rings (SSSR count). The van der Waals surface area contributed by atoms with Crippen LogP contribution in [0.1, 0.15) is 58.8 Å². The van der Waals surface area contributed by atoms with Crippen LogP contribution in [0.3, 0.4) is 0 Å². The smallest absolute Gasteiger partial charge is 0.0634 e. The summed E-state index contributed by atoms with van der Waals surface area (Å²) in [5, 5.41) is 3.52. The lowest BCUT2D eigenvalue weighted by Gasteiger charge is -2.22. The van der Waals surface area contributed by atoms with Crippen LogP contribution in [0.5, 0.6) is 0 Å². The van der Waals surface area contributed by atoms with E-state index in [9.17, 15) is 0 Å². The van der Waals surface area contributed by atoms with Gasteiger partial charge in [0.1, 0.15) is 0 Å². The van der Waals surface area contributed by atoms with E-state index in [1.54, 1.807) is 7.11 Å². The highest BCUT2D eigenvalue weighted by atomic mass is 16.5. The Bertz CT molecular complexity index is 174. The summed E-state index contributed by atoms with van der Waals surface area (Å²) in [6, 6.07) is 0. The number of hydrogen-bond donors (Lipinski definition) is 1. The number of hydrogen-bond acceptors (Lipinski definition) is 2. The Labute approximate surface area is 101 Å². The summed E-state index contributed by atoms with van der Waals surface area (Å²) >= 11 is 0. The van der Waals surface area contributed by atoms with Crippen LogP contribution in [-0.4, -0.2) is 25.8 Å². The molecule has 0 atom stereocenters. The molecule has 0 unspecified atom stereocenters. The highest BCUT2D eigenvalue weighted by molar-refractivity contribution is 4.70. The molecule has 0 aromatic rings. The van der Waals surface area contributed by atoms with Crippen LogP contribution < -0.4 is 5.32 Å². The molecule has 1 saturated carbocycles. The van der Waals surface area contributed by atoms with Gasteiger partial charge in [0.15, 0.2) is 0 Å². The van der Waals surface area contributed by atoms with Crippen molar-refractivity contribution in [3.63, 3.8) is 0 Å². The van der Waals surface area contributed by atoms with Crippen LogP contribution in [0.15, 0.2) is 0 Å². The summed E-state index contributed by atoms with van der Waals surface area (Å²) < 4.78 is 5.39. The molecule has 0 saturated heterocycles. The van der Waals surface area contributed by atoms with E-state index in [0.29, 0.717) is 0 Å². The third-order valence-electron chi connectivity index (χ3n) is 3.90. The van der Waals surface area contributed by atoms with E-state index in [0.717, 1.165) is 18.9 Å². The predicted molar refractivity (Wildman–Crippen MR) is 69.8 cm³/mol. The molecule has 0 amide bonds. The maximum atomic E-state index is 5.39. The van der Waals surface area contributed by atoms with Crippen LogP contribution >= 0.6 is 0 Å². The van der Waals surface area contributed by atoms with E-state index in [4.69, 9.17) is 4.74 Å². The van der Waals surface area contributed by atoms with Crippen LogP contribution in [0.2, 0.25) is 0 Å². The fourth-order valence-electron chi connectivity index (χ4n) is 2.43. The van der Waals surface area contributed by atoms with Gasteiger partial charge in [-0.3, -0.25) is 0 Å². The second-order valence-electron chi connectivity index (χ2n) is 5.76.